The number of nitrogens with one attached hydrogen (secondary N) is 1. The summed E-state index contributed by atoms with van der Waals surface area (Å²) in [5, 5.41) is 2.87. The summed E-state index contributed by atoms with van der Waals surface area (Å²) in [5.41, 5.74) is 1.65. The number of ether oxygens (including phenoxy) is 1. The van der Waals surface area contributed by atoms with Crippen LogP contribution in [-0.4, -0.2) is 31.5 Å². The van der Waals surface area contributed by atoms with Gasteiger partial charge in [0, 0.05) is 29.1 Å². The van der Waals surface area contributed by atoms with Gasteiger partial charge in [-0.2, -0.15) is 0 Å². The number of amides is 1. The largest absolute Gasteiger partial charge is 0.380 e. The Morgan fingerprint density at radius 2 is 2.22 bits per heavy atom. The van der Waals surface area contributed by atoms with E-state index < -0.39 is 0 Å². The van der Waals surface area contributed by atoms with Crippen molar-refractivity contribution in [1.29, 1.82) is 0 Å². The molecule has 0 heterocycles. The molecular weight excluding hydrogens is 318 g/mol. The summed E-state index contributed by atoms with van der Waals surface area (Å²) in [6, 6.07) is 5.60. The lowest BCUT2D eigenvalue weighted by atomic mass is 10.1. The topological polar surface area (TPSA) is 38.3 Å². The predicted octanol–water partition coefficient (Wildman–Crippen LogP) is 3.13. The summed E-state index contributed by atoms with van der Waals surface area (Å²) >= 11 is 8.89. The smallest absolute Gasteiger partial charge is 0.251 e. The zero-order chi connectivity index (χ0) is 13.4. The van der Waals surface area contributed by atoms with Crippen LogP contribution in [0.15, 0.2) is 22.7 Å². The van der Waals surface area contributed by atoms with Crippen LogP contribution >= 0.6 is 27.5 Å². The van der Waals surface area contributed by atoms with Crippen LogP contribution in [-0.2, 0) is 4.74 Å². The molecule has 0 atom stereocenters. The van der Waals surface area contributed by atoms with Gasteiger partial charge in [0.15, 0.2) is 0 Å². The number of carbonyl (C=O) groups is 1. The van der Waals surface area contributed by atoms with Crippen molar-refractivity contribution in [2.75, 3.05) is 25.6 Å². The molecule has 3 nitrogen and oxygen atoms in total. The Bertz CT molecular complexity index is 399. The Morgan fingerprint density at radius 3 is 2.94 bits per heavy atom. The molecule has 1 amide bonds. The highest BCUT2D eigenvalue weighted by atomic mass is 79.9. The normalized spacial score (nSPS) is 10.4. The first-order chi connectivity index (χ1) is 8.66. The monoisotopic (exact) mass is 333 g/mol. The van der Waals surface area contributed by atoms with E-state index in [0.29, 0.717) is 31.2 Å². The Balaban J connectivity index is 2.35. The van der Waals surface area contributed by atoms with E-state index in [-0.39, 0.29) is 5.91 Å². The highest BCUT2D eigenvalue weighted by molar-refractivity contribution is 9.10. The fourth-order valence-electron chi connectivity index (χ4n) is 1.48. The molecule has 0 saturated carbocycles. The molecule has 18 heavy (non-hydrogen) atoms. The molecule has 0 spiro atoms. The van der Waals surface area contributed by atoms with Gasteiger partial charge < -0.3 is 10.1 Å². The van der Waals surface area contributed by atoms with E-state index in [1.807, 2.05) is 25.1 Å². The highest BCUT2D eigenvalue weighted by Gasteiger charge is 2.09. The van der Waals surface area contributed by atoms with Gasteiger partial charge in [0.2, 0.25) is 0 Å². The Kier molecular flexibility index (Phi) is 7.32. The van der Waals surface area contributed by atoms with Gasteiger partial charge in [0.1, 0.15) is 0 Å². The molecular formula is C13H17BrClNO2. The van der Waals surface area contributed by atoms with E-state index in [2.05, 4.69) is 21.2 Å². The van der Waals surface area contributed by atoms with Gasteiger partial charge in [-0.15, -0.1) is 11.6 Å². The Labute approximate surface area is 121 Å². The number of rotatable bonds is 7. The van der Waals surface area contributed by atoms with Gasteiger partial charge >= 0.3 is 0 Å². The van der Waals surface area contributed by atoms with Crippen LogP contribution in [0.3, 0.4) is 0 Å². The second kappa shape index (κ2) is 8.51. The minimum Gasteiger partial charge on any atom is -0.380 e. The minimum atomic E-state index is -0.0499. The van der Waals surface area contributed by atoms with Crippen LogP contribution in [0.2, 0.25) is 0 Å². The number of hydrogen-bond donors (Lipinski definition) is 1. The van der Waals surface area contributed by atoms with Crippen molar-refractivity contribution in [3.63, 3.8) is 0 Å². The molecule has 0 aliphatic rings. The van der Waals surface area contributed by atoms with Crippen molar-refractivity contribution in [2.24, 2.45) is 0 Å². The fraction of sp³-hybridized carbons (Fsp3) is 0.462. The maximum Gasteiger partial charge on any atom is 0.251 e. The molecule has 1 rings (SSSR count). The van der Waals surface area contributed by atoms with E-state index in [4.69, 9.17) is 16.3 Å². The number of carbonyl (C=O) groups excluding carboxylic acids is 1. The SMILES string of the molecule is Cc1c(Br)cccc1C(=O)NCCCOCCCl. The third-order valence-electron chi connectivity index (χ3n) is 2.48. The van der Waals surface area contributed by atoms with Gasteiger partial charge in [0.05, 0.1) is 6.61 Å². The standard InChI is InChI=1S/C13H17BrClNO2/c1-10-11(4-2-5-12(10)14)13(17)16-7-3-8-18-9-6-15/h2,4-5H,3,6-9H2,1H3,(H,16,17). The summed E-state index contributed by atoms with van der Waals surface area (Å²) in [4.78, 5) is 11.9. The van der Waals surface area contributed by atoms with Crippen LogP contribution < -0.4 is 5.32 Å². The third-order valence-corrected chi connectivity index (χ3v) is 3.50. The lowest BCUT2D eigenvalue weighted by Crippen LogP contribution is -2.26. The molecule has 0 unspecified atom stereocenters. The third kappa shape index (κ3) is 4.96. The molecule has 0 bridgehead atoms. The van der Waals surface area contributed by atoms with E-state index in [9.17, 15) is 4.79 Å². The number of alkyl halides is 1. The second-order valence-corrected chi connectivity index (χ2v) is 5.06. The summed E-state index contributed by atoms with van der Waals surface area (Å²) < 4.78 is 6.17. The molecule has 1 N–H and O–H groups in total. The first kappa shape index (κ1) is 15.5. The van der Waals surface area contributed by atoms with Crippen molar-refractivity contribution in [3.8, 4) is 0 Å². The molecule has 0 aliphatic carbocycles. The zero-order valence-corrected chi connectivity index (χ0v) is 12.7. The van der Waals surface area contributed by atoms with Crippen molar-refractivity contribution in [3.05, 3.63) is 33.8 Å². The van der Waals surface area contributed by atoms with E-state index in [1.165, 1.54) is 0 Å². The first-order valence-electron chi connectivity index (χ1n) is 5.84. The van der Waals surface area contributed by atoms with Gasteiger partial charge in [-0.1, -0.05) is 22.0 Å². The maximum absolute atomic E-state index is 11.9. The zero-order valence-electron chi connectivity index (χ0n) is 10.3. The van der Waals surface area contributed by atoms with Crippen LogP contribution in [0, 0.1) is 6.92 Å². The van der Waals surface area contributed by atoms with Crippen molar-refractivity contribution in [2.45, 2.75) is 13.3 Å². The molecule has 1 aromatic rings. The van der Waals surface area contributed by atoms with Gasteiger partial charge in [0.25, 0.3) is 5.91 Å². The molecule has 100 valence electrons. The van der Waals surface area contributed by atoms with E-state index in [0.717, 1.165) is 16.5 Å². The minimum absolute atomic E-state index is 0.0499. The molecule has 0 fully saturated rings. The maximum atomic E-state index is 11.9. The predicted molar refractivity (Wildman–Crippen MR) is 77.4 cm³/mol. The number of benzene rings is 1. The Hall–Kier alpha value is -0.580. The van der Waals surface area contributed by atoms with Crippen LogP contribution in [0.4, 0.5) is 0 Å². The second-order valence-electron chi connectivity index (χ2n) is 3.82. The lowest BCUT2D eigenvalue weighted by molar-refractivity contribution is 0.0944. The van der Waals surface area contributed by atoms with Crippen LogP contribution in [0.1, 0.15) is 22.3 Å². The van der Waals surface area contributed by atoms with Gasteiger partial charge in [-0.3, -0.25) is 4.79 Å². The van der Waals surface area contributed by atoms with E-state index in [1.54, 1.807) is 0 Å². The van der Waals surface area contributed by atoms with Gasteiger partial charge in [-0.25, -0.2) is 0 Å². The highest BCUT2D eigenvalue weighted by Crippen LogP contribution is 2.19. The average molecular weight is 335 g/mol. The first-order valence-corrected chi connectivity index (χ1v) is 7.16. The van der Waals surface area contributed by atoms with Crippen molar-refractivity contribution in [1.82, 2.24) is 5.32 Å². The van der Waals surface area contributed by atoms with Crippen LogP contribution in [0.5, 0.6) is 0 Å². The molecule has 0 radical (unpaired) electrons. The summed E-state index contributed by atoms with van der Waals surface area (Å²) in [5.74, 6) is 0.454. The molecule has 0 aromatic heterocycles. The molecule has 0 saturated heterocycles. The summed E-state index contributed by atoms with van der Waals surface area (Å²) in [6.45, 7) is 3.69. The molecule has 1 aromatic carbocycles. The quantitative estimate of drug-likeness (QED) is 0.614. The Morgan fingerprint density at radius 1 is 1.44 bits per heavy atom. The average Bonchev–Trinajstić information content (AvgIpc) is 2.36. The van der Waals surface area contributed by atoms with E-state index >= 15 is 0 Å². The molecule has 0 aliphatic heterocycles. The van der Waals surface area contributed by atoms with Crippen molar-refractivity contribution >= 4 is 33.4 Å². The lowest BCUT2D eigenvalue weighted by Gasteiger charge is -2.08. The van der Waals surface area contributed by atoms with Gasteiger partial charge in [-0.05, 0) is 31.0 Å². The number of hydrogen-bond acceptors (Lipinski definition) is 2. The summed E-state index contributed by atoms with van der Waals surface area (Å²) in [7, 11) is 0. The van der Waals surface area contributed by atoms with Crippen molar-refractivity contribution < 1.29 is 9.53 Å². The fourth-order valence-corrected chi connectivity index (χ4v) is 1.96. The molecule has 5 heteroatoms. The van der Waals surface area contributed by atoms with Crippen LogP contribution in [0.25, 0.3) is 0 Å². The number of halogens is 2. The summed E-state index contributed by atoms with van der Waals surface area (Å²) in [6.07, 6.45) is 0.787.